The van der Waals surface area contributed by atoms with E-state index in [-0.39, 0.29) is 5.56 Å². The van der Waals surface area contributed by atoms with Crippen molar-refractivity contribution in [1.82, 2.24) is 0 Å². The van der Waals surface area contributed by atoms with Gasteiger partial charge in [-0.15, -0.1) is 0 Å². The van der Waals surface area contributed by atoms with E-state index in [1.165, 1.54) is 6.07 Å². The lowest BCUT2D eigenvalue weighted by Gasteiger charge is -2.06. The first-order chi connectivity index (χ1) is 9.10. The number of carbonyl (C=O) groups excluding carboxylic acids is 2. The van der Waals surface area contributed by atoms with Crippen molar-refractivity contribution in [3.63, 3.8) is 0 Å². The molecule has 0 aliphatic rings. The van der Waals surface area contributed by atoms with E-state index in [4.69, 9.17) is 0 Å². The molecule has 0 fully saturated rings. The summed E-state index contributed by atoms with van der Waals surface area (Å²) in [5, 5.41) is 2.63. The van der Waals surface area contributed by atoms with Gasteiger partial charge < -0.3 is 5.32 Å². The molecule has 96 valence electrons. The zero-order chi connectivity index (χ0) is 13.8. The molecule has 0 saturated carbocycles. The van der Waals surface area contributed by atoms with Gasteiger partial charge in [0.25, 0.3) is 5.91 Å². The number of aryl methyl sites for hydroxylation is 1. The van der Waals surface area contributed by atoms with Gasteiger partial charge in [-0.1, -0.05) is 6.07 Å². The SMILES string of the molecule is Cc1ccc(C(=O)Nc2ccc(C=O)cc2)cc1F. The smallest absolute Gasteiger partial charge is 0.255 e. The van der Waals surface area contributed by atoms with E-state index in [1.54, 1.807) is 43.3 Å². The molecule has 2 aromatic carbocycles. The molecule has 0 bridgehead atoms. The molecular weight excluding hydrogens is 245 g/mol. The van der Waals surface area contributed by atoms with Crippen molar-refractivity contribution in [1.29, 1.82) is 0 Å². The number of carbonyl (C=O) groups is 2. The van der Waals surface area contributed by atoms with Gasteiger partial charge in [-0.05, 0) is 48.9 Å². The molecule has 0 aliphatic heterocycles. The van der Waals surface area contributed by atoms with Crippen LogP contribution >= 0.6 is 0 Å². The molecule has 0 aromatic heterocycles. The van der Waals surface area contributed by atoms with Crippen molar-refractivity contribution in [3.8, 4) is 0 Å². The van der Waals surface area contributed by atoms with E-state index in [1.807, 2.05) is 0 Å². The molecule has 0 radical (unpaired) electrons. The van der Waals surface area contributed by atoms with Crippen LogP contribution < -0.4 is 5.32 Å². The van der Waals surface area contributed by atoms with Gasteiger partial charge in [-0.2, -0.15) is 0 Å². The molecular formula is C15H12FNO2. The quantitative estimate of drug-likeness (QED) is 0.858. The highest BCUT2D eigenvalue weighted by Crippen LogP contribution is 2.13. The average molecular weight is 257 g/mol. The van der Waals surface area contributed by atoms with Crippen LogP contribution in [-0.4, -0.2) is 12.2 Å². The zero-order valence-corrected chi connectivity index (χ0v) is 10.3. The Labute approximate surface area is 110 Å². The summed E-state index contributed by atoms with van der Waals surface area (Å²) in [5.74, 6) is -0.804. The minimum absolute atomic E-state index is 0.252. The average Bonchev–Trinajstić information content (AvgIpc) is 2.42. The van der Waals surface area contributed by atoms with Gasteiger partial charge in [-0.25, -0.2) is 4.39 Å². The molecule has 2 rings (SSSR count). The highest BCUT2D eigenvalue weighted by molar-refractivity contribution is 6.04. The van der Waals surface area contributed by atoms with Crippen molar-refractivity contribution in [2.24, 2.45) is 0 Å². The van der Waals surface area contributed by atoms with E-state index >= 15 is 0 Å². The minimum Gasteiger partial charge on any atom is -0.322 e. The summed E-state index contributed by atoms with van der Waals surface area (Å²) in [4.78, 5) is 22.4. The second kappa shape index (κ2) is 5.44. The molecule has 0 spiro atoms. The van der Waals surface area contributed by atoms with Crippen LogP contribution in [0.25, 0.3) is 0 Å². The Morgan fingerprint density at radius 2 is 1.84 bits per heavy atom. The van der Waals surface area contributed by atoms with Gasteiger partial charge >= 0.3 is 0 Å². The Morgan fingerprint density at radius 1 is 1.16 bits per heavy atom. The van der Waals surface area contributed by atoms with Crippen molar-refractivity contribution >= 4 is 17.9 Å². The Balaban J connectivity index is 2.15. The third-order valence-corrected chi connectivity index (χ3v) is 2.74. The van der Waals surface area contributed by atoms with Gasteiger partial charge in [0.1, 0.15) is 12.1 Å². The second-order valence-corrected chi connectivity index (χ2v) is 4.16. The molecule has 0 unspecified atom stereocenters. The van der Waals surface area contributed by atoms with Crippen LogP contribution in [0.3, 0.4) is 0 Å². The Morgan fingerprint density at radius 3 is 2.42 bits per heavy atom. The predicted octanol–water partition coefficient (Wildman–Crippen LogP) is 3.20. The summed E-state index contributed by atoms with van der Waals surface area (Å²) in [5.41, 5.74) is 1.82. The van der Waals surface area contributed by atoms with E-state index < -0.39 is 11.7 Å². The van der Waals surface area contributed by atoms with Gasteiger partial charge in [0.2, 0.25) is 0 Å². The fourth-order valence-electron chi connectivity index (χ4n) is 1.58. The number of benzene rings is 2. The van der Waals surface area contributed by atoms with Gasteiger partial charge in [0.05, 0.1) is 0 Å². The van der Waals surface area contributed by atoms with Crippen LogP contribution in [0.2, 0.25) is 0 Å². The van der Waals surface area contributed by atoms with Gasteiger partial charge in [0.15, 0.2) is 0 Å². The maximum atomic E-state index is 13.4. The van der Waals surface area contributed by atoms with E-state index in [9.17, 15) is 14.0 Å². The maximum Gasteiger partial charge on any atom is 0.255 e. The van der Waals surface area contributed by atoms with Crippen molar-refractivity contribution < 1.29 is 14.0 Å². The molecule has 0 heterocycles. The largest absolute Gasteiger partial charge is 0.322 e. The van der Waals surface area contributed by atoms with Crippen LogP contribution in [0.1, 0.15) is 26.3 Å². The lowest BCUT2D eigenvalue weighted by Crippen LogP contribution is -2.12. The number of nitrogens with one attached hydrogen (secondary N) is 1. The van der Waals surface area contributed by atoms with E-state index in [0.717, 1.165) is 6.29 Å². The third kappa shape index (κ3) is 3.04. The number of amides is 1. The lowest BCUT2D eigenvalue weighted by atomic mass is 10.1. The predicted molar refractivity (Wildman–Crippen MR) is 70.9 cm³/mol. The summed E-state index contributed by atoms with van der Waals surface area (Å²) in [6, 6.07) is 10.7. The topological polar surface area (TPSA) is 46.2 Å². The first-order valence-electron chi connectivity index (χ1n) is 5.73. The normalized spacial score (nSPS) is 10.0. The fraction of sp³-hybridized carbons (Fsp3) is 0.0667. The molecule has 1 N–H and O–H groups in total. The van der Waals surface area contributed by atoms with E-state index in [2.05, 4.69) is 5.32 Å². The molecule has 0 aliphatic carbocycles. The van der Waals surface area contributed by atoms with E-state index in [0.29, 0.717) is 16.8 Å². The van der Waals surface area contributed by atoms with Crippen molar-refractivity contribution in [2.45, 2.75) is 6.92 Å². The molecule has 4 heteroatoms. The first-order valence-corrected chi connectivity index (χ1v) is 5.73. The number of anilines is 1. The first kappa shape index (κ1) is 13.0. The van der Waals surface area contributed by atoms with Crippen LogP contribution in [0.15, 0.2) is 42.5 Å². The monoisotopic (exact) mass is 257 g/mol. The van der Waals surface area contributed by atoms with Crippen LogP contribution in [0.4, 0.5) is 10.1 Å². The third-order valence-electron chi connectivity index (χ3n) is 2.74. The van der Waals surface area contributed by atoms with Gasteiger partial charge in [0, 0.05) is 16.8 Å². The highest BCUT2D eigenvalue weighted by atomic mass is 19.1. The maximum absolute atomic E-state index is 13.4. The Hall–Kier alpha value is -2.49. The number of hydrogen-bond acceptors (Lipinski definition) is 2. The van der Waals surface area contributed by atoms with Crippen molar-refractivity contribution in [3.05, 3.63) is 65.0 Å². The molecule has 3 nitrogen and oxygen atoms in total. The number of rotatable bonds is 3. The van der Waals surface area contributed by atoms with Crippen LogP contribution in [-0.2, 0) is 0 Å². The molecule has 1 amide bonds. The summed E-state index contributed by atoms with van der Waals surface area (Å²) in [6.07, 6.45) is 0.723. The highest BCUT2D eigenvalue weighted by Gasteiger charge is 2.08. The summed E-state index contributed by atoms with van der Waals surface area (Å²) in [6.45, 7) is 1.63. The standard InChI is InChI=1S/C15H12FNO2/c1-10-2-5-12(8-14(10)16)15(19)17-13-6-3-11(9-18)4-7-13/h2-9H,1H3,(H,17,19). The fourth-order valence-corrected chi connectivity index (χ4v) is 1.58. The minimum atomic E-state index is -0.413. The lowest BCUT2D eigenvalue weighted by molar-refractivity contribution is 0.102. The van der Waals surface area contributed by atoms with Crippen LogP contribution in [0, 0.1) is 12.7 Å². The summed E-state index contributed by atoms with van der Waals surface area (Å²) < 4.78 is 13.4. The van der Waals surface area contributed by atoms with Crippen LogP contribution in [0.5, 0.6) is 0 Å². The Kier molecular flexibility index (Phi) is 3.71. The molecule has 0 saturated heterocycles. The van der Waals surface area contributed by atoms with Gasteiger partial charge in [-0.3, -0.25) is 9.59 Å². The number of hydrogen-bond donors (Lipinski definition) is 1. The number of halogens is 1. The summed E-state index contributed by atoms with van der Waals surface area (Å²) in [7, 11) is 0. The van der Waals surface area contributed by atoms with Crippen molar-refractivity contribution in [2.75, 3.05) is 5.32 Å². The number of aldehydes is 1. The second-order valence-electron chi connectivity index (χ2n) is 4.16. The molecule has 2 aromatic rings. The molecule has 19 heavy (non-hydrogen) atoms. The Bertz CT molecular complexity index is 621. The zero-order valence-electron chi connectivity index (χ0n) is 10.3. The molecule has 0 atom stereocenters. The summed E-state index contributed by atoms with van der Waals surface area (Å²) >= 11 is 0.